The zero-order chi connectivity index (χ0) is 13.5. The molecule has 1 N–H and O–H groups in total. The summed E-state index contributed by atoms with van der Waals surface area (Å²) in [6.07, 6.45) is 1.99. The molecule has 0 fully saturated rings. The fourth-order valence-corrected chi connectivity index (χ4v) is 2.05. The maximum atomic E-state index is 13.7. The Labute approximate surface area is 112 Å². The Balaban J connectivity index is 2.94. The van der Waals surface area contributed by atoms with Crippen molar-refractivity contribution in [1.29, 1.82) is 0 Å². The standard InChI is InChI=1S/C13H19FN2OS/c1-4-15-12-10(6-5-7-11(12)14)13(17)16(2)8-9-18-3/h5-7,15H,4,8-9H2,1-3H3. The molecule has 1 amide bonds. The van der Waals surface area contributed by atoms with Crippen molar-refractivity contribution in [2.45, 2.75) is 6.92 Å². The molecule has 5 heteroatoms. The summed E-state index contributed by atoms with van der Waals surface area (Å²) in [5, 5.41) is 2.91. The van der Waals surface area contributed by atoms with Gasteiger partial charge in [-0.15, -0.1) is 0 Å². The number of rotatable bonds is 6. The molecule has 0 bridgehead atoms. The first-order chi connectivity index (χ1) is 8.61. The molecule has 1 rings (SSSR count). The van der Waals surface area contributed by atoms with E-state index in [0.717, 1.165) is 5.75 Å². The molecule has 0 unspecified atom stereocenters. The lowest BCUT2D eigenvalue weighted by atomic mass is 10.1. The number of anilines is 1. The first kappa shape index (κ1) is 14.8. The predicted octanol–water partition coefficient (Wildman–Crippen LogP) is 2.69. The van der Waals surface area contributed by atoms with E-state index in [9.17, 15) is 9.18 Å². The number of carbonyl (C=O) groups excluding carboxylic acids is 1. The van der Waals surface area contributed by atoms with Gasteiger partial charge in [-0.1, -0.05) is 6.07 Å². The maximum absolute atomic E-state index is 13.7. The van der Waals surface area contributed by atoms with Crippen molar-refractivity contribution in [2.24, 2.45) is 0 Å². The van der Waals surface area contributed by atoms with E-state index in [1.54, 1.807) is 35.8 Å². The number of nitrogens with one attached hydrogen (secondary N) is 1. The minimum Gasteiger partial charge on any atom is -0.382 e. The Bertz CT molecular complexity index is 412. The highest BCUT2D eigenvalue weighted by Crippen LogP contribution is 2.21. The van der Waals surface area contributed by atoms with Crippen LogP contribution in [0.5, 0.6) is 0 Å². The van der Waals surface area contributed by atoms with Crippen LogP contribution >= 0.6 is 11.8 Å². The smallest absolute Gasteiger partial charge is 0.255 e. The summed E-state index contributed by atoms with van der Waals surface area (Å²) >= 11 is 1.68. The zero-order valence-electron chi connectivity index (χ0n) is 11.0. The Morgan fingerprint density at radius 3 is 2.83 bits per heavy atom. The van der Waals surface area contributed by atoms with Gasteiger partial charge >= 0.3 is 0 Å². The normalized spacial score (nSPS) is 10.2. The molecule has 1 aromatic carbocycles. The highest BCUT2D eigenvalue weighted by Gasteiger charge is 2.17. The van der Waals surface area contributed by atoms with Gasteiger partial charge in [0.05, 0.1) is 11.3 Å². The fourth-order valence-electron chi connectivity index (χ4n) is 1.59. The largest absolute Gasteiger partial charge is 0.382 e. The summed E-state index contributed by atoms with van der Waals surface area (Å²) in [4.78, 5) is 13.8. The Morgan fingerprint density at radius 2 is 2.22 bits per heavy atom. The third-order valence-electron chi connectivity index (χ3n) is 2.58. The second-order valence-electron chi connectivity index (χ2n) is 3.91. The number of benzene rings is 1. The Kier molecular flexibility index (Phi) is 5.98. The van der Waals surface area contributed by atoms with Crippen molar-refractivity contribution in [3.05, 3.63) is 29.6 Å². The first-order valence-electron chi connectivity index (χ1n) is 5.88. The van der Waals surface area contributed by atoms with Gasteiger partial charge in [0.15, 0.2) is 0 Å². The average Bonchev–Trinajstić information content (AvgIpc) is 2.37. The van der Waals surface area contributed by atoms with Gasteiger partial charge in [-0.2, -0.15) is 11.8 Å². The molecule has 18 heavy (non-hydrogen) atoms. The number of hydrogen-bond donors (Lipinski definition) is 1. The lowest BCUT2D eigenvalue weighted by Gasteiger charge is -2.19. The highest BCUT2D eigenvalue weighted by molar-refractivity contribution is 7.98. The topological polar surface area (TPSA) is 32.3 Å². The van der Waals surface area contributed by atoms with Crippen LogP contribution in [0.3, 0.4) is 0 Å². The van der Waals surface area contributed by atoms with Crippen molar-refractivity contribution < 1.29 is 9.18 Å². The van der Waals surface area contributed by atoms with Crippen molar-refractivity contribution in [3.63, 3.8) is 0 Å². The third-order valence-corrected chi connectivity index (χ3v) is 3.17. The average molecular weight is 270 g/mol. The molecule has 0 spiro atoms. The van der Waals surface area contributed by atoms with E-state index in [1.165, 1.54) is 6.07 Å². The van der Waals surface area contributed by atoms with Gasteiger partial charge in [0, 0.05) is 25.9 Å². The van der Waals surface area contributed by atoms with Crippen LogP contribution in [0.2, 0.25) is 0 Å². The van der Waals surface area contributed by atoms with Gasteiger partial charge < -0.3 is 10.2 Å². The van der Waals surface area contributed by atoms with Crippen LogP contribution in [0.15, 0.2) is 18.2 Å². The number of hydrogen-bond acceptors (Lipinski definition) is 3. The SMILES string of the molecule is CCNc1c(F)cccc1C(=O)N(C)CCSC. The first-order valence-corrected chi connectivity index (χ1v) is 7.28. The number of thioether (sulfide) groups is 1. The summed E-state index contributed by atoms with van der Waals surface area (Å²) in [7, 11) is 1.74. The van der Waals surface area contributed by atoms with E-state index in [1.807, 2.05) is 13.2 Å². The van der Waals surface area contributed by atoms with E-state index >= 15 is 0 Å². The molecule has 0 aliphatic rings. The number of halogens is 1. The quantitative estimate of drug-likeness (QED) is 0.862. The molecular weight excluding hydrogens is 251 g/mol. The molecule has 0 radical (unpaired) electrons. The van der Waals surface area contributed by atoms with Crippen molar-refractivity contribution >= 4 is 23.4 Å². The molecule has 1 aromatic rings. The van der Waals surface area contributed by atoms with E-state index in [-0.39, 0.29) is 11.7 Å². The zero-order valence-corrected chi connectivity index (χ0v) is 11.8. The summed E-state index contributed by atoms with van der Waals surface area (Å²) in [6, 6.07) is 4.57. The molecule has 3 nitrogen and oxygen atoms in total. The van der Waals surface area contributed by atoms with Gasteiger partial charge in [-0.3, -0.25) is 4.79 Å². The summed E-state index contributed by atoms with van der Waals surface area (Å²) in [5.74, 6) is 0.328. The predicted molar refractivity (Wildman–Crippen MR) is 75.9 cm³/mol. The summed E-state index contributed by atoms with van der Waals surface area (Å²) in [6.45, 7) is 3.11. The van der Waals surface area contributed by atoms with Gasteiger partial charge in [0.1, 0.15) is 5.82 Å². The van der Waals surface area contributed by atoms with Crippen LogP contribution in [-0.4, -0.2) is 43.0 Å². The molecule has 0 aromatic heterocycles. The molecule has 0 aliphatic carbocycles. The van der Waals surface area contributed by atoms with Crippen molar-refractivity contribution in [2.75, 3.05) is 37.5 Å². The number of carbonyl (C=O) groups is 1. The van der Waals surface area contributed by atoms with Crippen LogP contribution in [0.4, 0.5) is 10.1 Å². The van der Waals surface area contributed by atoms with Crippen molar-refractivity contribution in [3.8, 4) is 0 Å². The molecule has 100 valence electrons. The van der Waals surface area contributed by atoms with E-state index in [0.29, 0.717) is 24.3 Å². The van der Waals surface area contributed by atoms with Gasteiger partial charge in [0.25, 0.3) is 5.91 Å². The highest BCUT2D eigenvalue weighted by atomic mass is 32.2. The van der Waals surface area contributed by atoms with E-state index in [2.05, 4.69) is 5.32 Å². The van der Waals surface area contributed by atoms with Crippen LogP contribution < -0.4 is 5.32 Å². The van der Waals surface area contributed by atoms with Crippen LogP contribution in [0.25, 0.3) is 0 Å². The molecule has 0 aliphatic heterocycles. The Hall–Kier alpha value is -1.23. The monoisotopic (exact) mass is 270 g/mol. The minimum atomic E-state index is -0.388. The molecule has 0 saturated carbocycles. The van der Waals surface area contributed by atoms with Crippen molar-refractivity contribution in [1.82, 2.24) is 4.90 Å². The lowest BCUT2D eigenvalue weighted by molar-refractivity contribution is 0.0804. The second kappa shape index (κ2) is 7.26. The van der Waals surface area contributed by atoms with Crippen LogP contribution in [0.1, 0.15) is 17.3 Å². The molecule has 0 atom stereocenters. The van der Waals surface area contributed by atoms with Gasteiger partial charge in [0.2, 0.25) is 0 Å². The van der Waals surface area contributed by atoms with Gasteiger partial charge in [-0.05, 0) is 25.3 Å². The van der Waals surface area contributed by atoms with Crippen LogP contribution in [-0.2, 0) is 0 Å². The number of amides is 1. The Morgan fingerprint density at radius 1 is 1.50 bits per heavy atom. The minimum absolute atomic E-state index is 0.153. The van der Waals surface area contributed by atoms with Gasteiger partial charge in [-0.25, -0.2) is 4.39 Å². The van der Waals surface area contributed by atoms with E-state index in [4.69, 9.17) is 0 Å². The molecule has 0 heterocycles. The number of nitrogens with zero attached hydrogens (tertiary/aromatic N) is 1. The van der Waals surface area contributed by atoms with Crippen LogP contribution in [0, 0.1) is 5.82 Å². The molecule has 0 saturated heterocycles. The molecular formula is C13H19FN2OS. The number of para-hydroxylation sites is 1. The maximum Gasteiger partial charge on any atom is 0.255 e. The third kappa shape index (κ3) is 3.63. The fraction of sp³-hybridized carbons (Fsp3) is 0.462. The second-order valence-corrected chi connectivity index (χ2v) is 4.90. The van der Waals surface area contributed by atoms with E-state index < -0.39 is 0 Å². The summed E-state index contributed by atoms with van der Waals surface area (Å²) < 4.78 is 13.7. The summed E-state index contributed by atoms with van der Waals surface area (Å²) in [5.41, 5.74) is 0.682. The lowest BCUT2D eigenvalue weighted by Crippen LogP contribution is -2.29.